The monoisotopic (exact) mass is 217 g/mol. The van der Waals surface area contributed by atoms with Crippen molar-refractivity contribution in [1.82, 2.24) is 0 Å². The highest BCUT2D eigenvalue weighted by Gasteiger charge is 2.36. The van der Waals surface area contributed by atoms with Gasteiger partial charge in [-0.05, 0) is 38.3 Å². The zero-order chi connectivity index (χ0) is 11.1. The van der Waals surface area contributed by atoms with E-state index in [1.807, 2.05) is 6.08 Å². The van der Waals surface area contributed by atoms with Crippen molar-refractivity contribution in [2.75, 3.05) is 26.9 Å². The summed E-state index contributed by atoms with van der Waals surface area (Å²) in [5, 5.41) is 0. The molecule has 1 heterocycles. The molecular formula is C11H20FNO2. The molecule has 88 valence electrons. The number of rotatable bonds is 6. The van der Waals surface area contributed by atoms with Crippen LogP contribution in [0.2, 0.25) is 0 Å². The summed E-state index contributed by atoms with van der Waals surface area (Å²) in [5.74, 6) is 0.434. The van der Waals surface area contributed by atoms with Crippen LogP contribution in [0.4, 0.5) is 4.39 Å². The van der Waals surface area contributed by atoms with E-state index < -0.39 is 5.67 Å². The van der Waals surface area contributed by atoms with E-state index in [0.29, 0.717) is 31.8 Å². The van der Waals surface area contributed by atoms with Gasteiger partial charge in [0.15, 0.2) is 5.67 Å². The third kappa shape index (κ3) is 3.47. The van der Waals surface area contributed by atoms with Crippen LogP contribution in [0, 0.1) is 0 Å². The first-order valence-corrected chi connectivity index (χ1v) is 5.44. The van der Waals surface area contributed by atoms with Gasteiger partial charge in [0.25, 0.3) is 0 Å². The summed E-state index contributed by atoms with van der Waals surface area (Å²) >= 11 is 0. The van der Waals surface area contributed by atoms with E-state index in [2.05, 4.69) is 0 Å². The molecule has 0 aromatic rings. The van der Waals surface area contributed by atoms with Crippen molar-refractivity contribution < 1.29 is 13.9 Å². The minimum Gasteiger partial charge on any atom is -0.495 e. The van der Waals surface area contributed by atoms with Crippen molar-refractivity contribution in [3.05, 3.63) is 11.8 Å². The average Bonchev–Trinajstić information content (AvgIpc) is 2.28. The third-order valence-electron chi connectivity index (χ3n) is 2.53. The van der Waals surface area contributed by atoms with E-state index in [0.717, 1.165) is 12.8 Å². The third-order valence-corrected chi connectivity index (χ3v) is 2.53. The highest BCUT2D eigenvalue weighted by Crippen LogP contribution is 2.31. The minimum absolute atomic E-state index is 0.0405. The van der Waals surface area contributed by atoms with Crippen LogP contribution < -0.4 is 5.73 Å². The number of nitrogens with two attached hydrogens (primary N) is 1. The van der Waals surface area contributed by atoms with Gasteiger partial charge in [0.05, 0.1) is 13.2 Å². The fourth-order valence-electron chi connectivity index (χ4n) is 1.75. The molecule has 2 N–H and O–H groups in total. The van der Waals surface area contributed by atoms with Gasteiger partial charge in [0.2, 0.25) is 0 Å². The Morgan fingerprint density at radius 2 is 2.47 bits per heavy atom. The molecule has 0 fully saturated rings. The number of hydrogen-bond donors (Lipinski definition) is 1. The molecule has 0 amide bonds. The lowest BCUT2D eigenvalue weighted by Gasteiger charge is -2.29. The molecule has 4 heteroatoms. The van der Waals surface area contributed by atoms with Crippen LogP contribution in [0.5, 0.6) is 0 Å². The molecule has 1 aliphatic rings. The second-order valence-electron chi connectivity index (χ2n) is 3.85. The Hall–Kier alpha value is -0.610. The van der Waals surface area contributed by atoms with E-state index in [1.165, 1.54) is 7.11 Å². The summed E-state index contributed by atoms with van der Waals surface area (Å²) in [4.78, 5) is 0. The van der Waals surface area contributed by atoms with Gasteiger partial charge < -0.3 is 15.2 Å². The topological polar surface area (TPSA) is 44.5 Å². The van der Waals surface area contributed by atoms with E-state index in [9.17, 15) is 4.39 Å². The molecule has 15 heavy (non-hydrogen) atoms. The molecule has 0 bridgehead atoms. The van der Waals surface area contributed by atoms with Gasteiger partial charge >= 0.3 is 0 Å². The maximum absolute atomic E-state index is 14.5. The van der Waals surface area contributed by atoms with E-state index >= 15 is 0 Å². The van der Waals surface area contributed by atoms with Crippen molar-refractivity contribution in [2.45, 2.75) is 31.4 Å². The number of halogens is 1. The van der Waals surface area contributed by atoms with E-state index in [1.54, 1.807) is 0 Å². The number of alkyl halides is 1. The van der Waals surface area contributed by atoms with Gasteiger partial charge in [-0.3, -0.25) is 0 Å². The van der Waals surface area contributed by atoms with E-state index in [-0.39, 0.29) is 6.61 Å². The number of ether oxygens (including phenoxy) is 2. The van der Waals surface area contributed by atoms with Crippen molar-refractivity contribution in [1.29, 1.82) is 0 Å². The van der Waals surface area contributed by atoms with Crippen LogP contribution in [0.1, 0.15) is 25.7 Å². The summed E-state index contributed by atoms with van der Waals surface area (Å²) in [6, 6.07) is 0. The van der Waals surface area contributed by atoms with Crippen LogP contribution in [-0.2, 0) is 9.47 Å². The lowest BCUT2D eigenvalue weighted by atomic mass is 9.96. The van der Waals surface area contributed by atoms with Gasteiger partial charge in [-0.25, -0.2) is 4.39 Å². The average molecular weight is 217 g/mol. The smallest absolute Gasteiger partial charge is 0.190 e. The zero-order valence-corrected chi connectivity index (χ0v) is 9.30. The van der Waals surface area contributed by atoms with Crippen molar-refractivity contribution in [3.63, 3.8) is 0 Å². The van der Waals surface area contributed by atoms with E-state index in [4.69, 9.17) is 15.2 Å². The summed E-state index contributed by atoms with van der Waals surface area (Å²) < 4.78 is 24.8. The Bertz CT molecular complexity index is 221. The quantitative estimate of drug-likeness (QED) is 0.737. The lowest BCUT2D eigenvalue weighted by Crippen LogP contribution is -2.34. The SMILES string of the molecule is COCC(F)(CCCN)C1=CCCCO1. The largest absolute Gasteiger partial charge is 0.495 e. The van der Waals surface area contributed by atoms with Crippen LogP contribution >= 0.6 is 0 Å². The molecule has 1 rings (SSSR count). The maximum Gasteiger partial charge on any atom is 0.190 e. The van der Waals surface area contributed by atoms with Gasteiger partial charge in [-0.1, -0.05) is 0 Å². The van der Waals surface area contributed by atoms with Crippen LogP contribution in [0.15, 0.2) is 11.8 Å². The molecule has 1 atom stereocenters. The number of hydrogen-bond acceptors (Lipinski definition) is 3. The Morgan fingerprint density at radius 1 is 1.67 bits per heavy atom. The first kappa shape index (κ1) is 12.5. The highest BCUT2D eigenvalue weighted by atomic mass is 19.1. The first-order chi connectivity index (χ1) is 7.23. The molecule has 0 spiro atoms. The summed E-state index contributed by atoms with van der Waals surface area (Å²) in [7, 11) is 1.50. The first-order valence-electron chi connectivity index (χ1n) is 5.44. The molecule has 1 aliphatic heterocycles. The van der Waals surface area contributed by atoms with Crippen molar-refractivity contribution in [2.24, 2.45) is 5.73 Å². The normalized spacial score (nSPS) is 20.3. The molecular weight excluding hydrogens is 197 g/mol. The summed E-state index contributed by atoms with van der Waals surface area (Å²) in [6.07, 6.45) is 4.68. The fourth-order valence-corrected chi connectivity index (χ4v) is 1.75. The van der Waals surface area contributed by atoms with Gasteiger partial charge in [-0.2, -0.15) is 0 Å². The Morgan fingerprint density at radius 3 is 3.00 bits per heavy atom. The molecule has 0 saturated carbocycles. The second-order valence-corrected chi connectivity index (χ2v) is 3.85. The Balaban J connectivity index is 2.64. The van der Waals surface area contributed by atoms with Crippen LogP contribution in [0.25, 0.3) is 0 Å². The predicted octanol–water partition coefficient (Wildman–Crippen LogP) is 1.77. The minimum atomic E-state index is -1.49. The molecule has 0 saturated heterocycles. The van der Waals surface area contributed by atoms with Crippen molar-refractivity contribution >= 4 is 0 Å². The van der Waals surface area contributed by atoms with Gasteiger partial charge in [-0.15, -0.1) is 0 Å². The summed E-state index contributed by atoms with van der Waals surface area (Å²) in [6.45, 7) is 1.13. The van der Waals surface area contributed by atoms with Crippen LogP contribution in [-0.4, -0.2) is 32.5 Å². The fraction of sp³-hybridized carbons (Fsp3) is 0.818. The molecule has 1 unspecified atom stereocenters. The lowest BCUT2D eigenvalue weighted by molar-refractivity contribution is 0.00563. The second kappa shape index (κ2) is 6.08. The predicted molar refractivity (Wildman–Crippen MR) is 57.3 cm³/mol. The van der Waals surface area contributed by atoms with Crippen molar-refractivity contribution in [3.8, 4) is 0 Å². The molecule has 0 aromatic carbocycles. The van der Waals surface area contributed by atoms with Gasteiger partial charge in [0.1, 0.15) is 5.76 Å². The molecule has 0 aromatic heterocycles. The maximum atomic E-state index is 14.5. The Labute approximate surface area is 90.4 Å². The number of allylic oxidation sites excluding steroid dienone is 1. The summed E-state index contributed by atoms with van der Waals surface area (Å²) in [5.41, 5.74) is 3.90. The van der Waals surface area contributed by atoms with Crippen LogP contribution in [0.3, 0.4) is 0 Å². The Kier molecular flexibility index (Phi) is 5.05. The molecule has 0 radical (unpaired) electrons. The van der Waals surface area contributed by atoms with Gasteiger partial charge in [0, 0.05) is 7.11 Å². The molecule has 0 aliphatic carbocycles. The zero-order valence-electron chi connectivity index (χ0n) is 9.30. The highest BCUT2D eigenvalue weighted by molar-refractivity contribution is 5.12. The molecule has 3 nitrogen and oxygen atoms in total. The standard InChI is InChI=1S/C11H20FNO2/c1-14-9-11(12,6-4-7-13)10-5-2-3-8-15-10/h5H,2-4,6-9,13H2,1H3. The number of methoxy groups -OCH3 is 1.